The van der Waals surface area contributed by atoms with Crippen molar-refractivity contribution in [3.8, 4) is 5.75 Å². The maximum atomic E-state index is 12.9. The van der Waals surface area contributed by atoms with E-state index >= 15 is 0 Å². The second kappa shape index (κ2) is 7.20. The van der Waals surface area contributed by atoms with Crippen LogP contribution in [0, 0.1) is 11.8 Å². The minimum Gasteiger partial charge on any atom is -0.497 e. The van der Waals surface area contributed by atoms with E-state index in [1.54, 1.807) is 14.2 Å². The van der Waals surface area contributed by atoms with Gasteiger partial charge in [-0.05, 0) is 48.8 Å². The van der Waals surface area contributed by atoms with Gasteiger partial charge in [-0.25, -0.2) is 18.2 Å². The van der Waals surface area contributed by atoms with Gasteiger partial charge in [0, 0.05) is 13.6 Å². The summed E-state index contributed by atoms with van der Waals surface area (Å²) in [5.74, 6) is 1.41. The number of nitrogens with zero attached hydrogens (tertiary/aromatic N) is 4. The molecule has 0 radical (unpaired) electrons. The van der Waals surface area contributed by atoms with Crippen molar-refractivity contribution in [3.63, 3.8) is 0 Å². The Labute approximate surface area is 164 Å². The van der Waals surface area contributed by atoms with Gasteiger partial charge < -0.3 is 9.64 Å². The highest BCUT2D eigenvalue weighted by molar-refractivity contribution is 7.91. The number of hydrogen-bond acceptors (Lipinski definition) is 6. The molecule has 2 saturated carbocycles. The largest absolute Gasteiger partial charge is 0.497 e. The first-order valence-corrected chi connectivity index (χ1v) is 11.0. The van der Waals surface area contributed by atoms with E-state index < -0.39 is 21.1 Å². The predicted octanol–water partition coefficient (Wildman–Crippen LogP) is 2.35. The molecule has 28 heavy (non-hydrogen) atoms. The number of methoxy groups -OCH3 is 1. The Bertz CT molecular complexity index is 987. The topological polar surface area (TPSA) is 94.4 Å². The average molecular weight is 404 g/mol. The number of fused-ring (bicyclic) bond motifs is 2. The van der Waals surface area contributed by atoms with Crippen molar-refractivity contribution >= 4 is 15.9 Å². The van der Waals surface area contributed by atoms with Crippen LogP contribution in [0.5, 0.6) is 5.75 Å². The zero-order chi connectivity index (χ0) is 19.9. The lowest BCUT2D eigenvalue weighted by Gasteiger charge is -2.20. The standard InChI is InChI=1S/C19H24N4O4S/c1-22(11-14-4-3-5-16(9-14)27-2)19(24)23-12-20-18(21-23)28(25,26)17-10-13-6-7-15(17)8-13/h3-5,9,12-13,15,17H,6-8,10-11H2,1-2H3/t13-,15+,17+/m0/s1. The Morgan fingerprint density at radius 1 is 1.32 bits per heavy atom. The van der Waals surface area contributed by atoms with Crippen molar-refractivity contribution in [2.75, 3.05) is 14.2 Å². The lowest BCUT2D eigenvalue weighted by atomic mass is 10.0. The second-order valence-electron chi connectivity index (χ2n) is 7.72. The van der Waals surface area contributed by atoms with Gasteiger partial charge in [-0.15, -0.1) is 5.10 Å². The first-order valence-electron chi connectivity index (χ1n) is 9.42. The van der Waals surface area contributed by atoms with Crippen LogP contribution >= 0.6 is 0 Å². The van der Waals surface area contributed by atoms with Gasteiger partial charge >= 0.3 is 6.03 Å². The SMILES string of the molecule is COc1cccc(CN(C)C(=O)n2cnc(S(=O)(=O)[C@@H]3C[C@H]4CC[C@@H]3C4)n2)c1. The zero-order valence-electron chi connectivity index (χ0n) is 16.0. The van der Waals surface area contributed by atoms with Gasteiger partial charge in [0.05, 0.1) is 12.4 Å². The molecule has 2 aromatic rings. The molecule has 4 rings (SSSR count). The summed E-state index contributed by atoms with van der Waals surface area (Å²) in [5.41, 5.74) is 0.894. The van der Waals surface area contributed by atoms with Crippen LogP contribution in [0.15, 0.2) is 35.7 Å². The van der Waals surface area contributed by atoms with E-state index in [9.17, 15) is 13.2 Å². The van der Waals surface area contributed by atoms with Crippen molar-refractivity contribution in [2.45, 2.75) is 42.6 Å². The molecule has 8 nitrogen and oxygen atoms in total. The predicted molar refractivity (Wildman–Crippen MR) is 102 cm³/mol. The molecule has 1 heterocycles. The molecule has 2 fully saturated rings. The molecule has 0 spiro atoms. The summed E-state index contributed by atoms with van der Waals surface area (Å²) in [5, 5.41) is 3.36. The third-order valence-electron chi connectivity index (χ3n) is 5.87. The van der Waals surface area contributed by atoms with Crippen LogP contribution < -0.4 is 4.74 Å². The summed E-state index contributed by atoms with van der Waals surface area (Å²) in [4.78, 5) is 18.1. The van der Waals surface area contributed by atoms with Crippen LogP contribution in [0.3, 0.4) is 0 Å². The number of aromatic nitrogens is 3. The third-order valence-corrected chi connectivity index (χ3v) is 7.94. The molecule has 150 valence electrons. The number of ether oxygens (including phenoxy) is 1. The molecule has 2 bridgehead atoms. The highest BCUT2D eigenvalue weighted by Crippen LogP contribution is 2.48. The maximum absolute atomic E-state index is 12.9. The summed E-state index contributed by atoms with van der Waals surface area (Å²) in [6.45, 7) is 0.338. The van der Waals surface area contributed by atoms with E-state index in [2.05, 4.69) is 10.1 Å². The van der Waals surface area contributed by atoms with Crippen LogP contribution in [0.1, 0.15) is 31.2 Å². The molecule has 0 saturated heterocycles. The van der Waals surface area contributed by atoms with E-state index in [0.29, 0.717) is 24.6 Å². The number of sulfone groups is 1. The fourth-order valence-corrected chi connectivity index (χ4v) is 6.41. The first kappa shape index (κ1) is 18.9. The number of carbonyl (C=O) groups excluding carboxylic acids is 1. The first-order chi connectivity index (χ1) is 13.4. The molecule has 1 amide bonds. The van der Waals surface area contributed by atoms with Crippen LogP contribution in [-0.4, -0.2) is 53.5 Å². The minimum atomic E-state index is -3.61. The monoisotopic (exact) mass is 404 g/mol. The summed E-state index contributed by atoms with van der Waals surface area (Å²) in [6.07, 6.45) is 4.92. The summed E-state index contributed by atoms with van der Waals surface area (Å²) < 4.78 is 32.0. The van der Waals surface area contributed by atoms with Crippen LogP contribution in [0.25, 0.3) is 0 Å². The van der Waals surface area contributed by atoms with Gasteiger partial charge in [0.15, 0.2) is 0 Å². The van der Waals surface area contributed by atoms with Crippen molar-refractivity contribution < 1.29 is 17.9 Å². The van der Waals surface area contributed by atoms with Gasteiger partial charge in [0.1, 0.15) is 12.1 Å². The normalized spacial score (nSPS) is 23.7. The molecule has 2 aliphatic rings. The van der Waals surface area contributed by atoms with Gasteiger partial charge in [-0.2, -0.15) is 4.68 Å². The lowest BCUT2D eigenvalue weighted by molar-refractivity contribution is 0.205. The van der Waals surface area contributed by atoms with Crippen LogP contribution in [0.2, 0.25) is 0 Å². The van der Waals surface area contributed by atoms with Crippen molar-refractivity contribution in [1.29, 1.82) is 0 Å². The second-order valence-corrected chi connectivity index (χ2v) is 9.78. The average Bonchev–Trinajstić information content (AvgIpc) is 3.44. The molecule has 3 atom stereocenters. The number of carbonyl (C=O) groups is 1. The minimum absolute atomic E-state index is 0.202. The lowest BCUT2D eigenvalue weighted by Crippen LogP contribution is -2.32. The molecule has 0 aliphatic heterocycles. The molecular formula is C19H24N4O4S. The molecule has 1 aromatic carbocycles. The number of amides is 1. The number of hydrogen-bond donors (Lipinski definition) is 0. The summed E-state index contributed by atoms with van der Waals surface area (Å²) >= 11 is 0. The van der Waals surface area contributed by atoms with Crippen LogP contribution in [0.4, 0.5) is 4.79 Å². The number of benzene rings is 1. The summed E-state index contributed by atoms with van der Waals surface area (Å²) in [7, 11) is -0.389. The highest BCUT2D eigenvalue weighted by Gasteiger charge is 2.47. The third kappa shape index (κ3) is 3.39. The summed E-state index contributed by atoms with van der Waals surface area (Å²) in [6, 6.07) is 6.97. The Morgan fingerprint density at radius 2 is 2.14 bits per heavy atom. The van der Waals surface area contributed by atoms with Crippen LogP contribution in [-0.2, 0) is 16.4 Å². The smallest absolute Gasteiger partial charge is 0.346 e. The van der Waals surface area contributed by atoms with E-state index in [-0.39, 0.29) is 11.1 Å². The van der Waals surface area contributed by atoms with Crippen molar-refractivity contribution in [3.05, 3.63) is 36.2 Å². The Morgan fingerprint density at radius 3 is 2.82 bits per heavy atom. The molecule has 0 unspecified atom stereocenters. The molecule has 9 heteroatoms. The zero-order valence-corrected chi connectivity index (χ0v) is 16.8. The maximum Gasteiger partial charge on any atom is 0.346 e. The fraction of sp³-hybridized carbons (Fsp3) is 0.526. The fourth-order valence-electron chi connectivity index (χ4n) is 4.46. The van der Waals surface area contributed by atoms with E-state index in [0.717, 1.165) is 29.5 Å². The Hall–Kier alpha value is -2.42. The van der Waals surface area contributed by atoms with Gasteiger partial charge in [-0.3, -0.25) is 0 Å². The van der Waals surface area contributed by atoms with E-state index in [1.165, 1.54) is 11.2 Å². The number of rotatable bonds is 5. The van der Waals surface area contributed by atoms with E-state index in [1.807, 2.05) is 24.3 Å². The molecule has 2 aliphatic carbocycles. The van der Waals surface area contributed by atoms with Crippen molar-refractivity contribution in [2.24, 2.45) is 11.8 Å². The van der Waals surface area contributed by atoms with E-state index in [4.69, 9.17) is 4.74 Å². The molecule has 1 aromatic heterocycles. The highest BCUT2D eigenvalue weighted by atomic mass is 32.2. The molecular weight excluding hydrogens is 380 g/mol. The van der Waals surface area contributed by atoms with Gasteiger partial charge in [-0.1, -0.05) is 18.6 Å². The van der Waals surface area contributed by atoms with Crippen molar-refractivity contribution in [1.82, 2.24) is 19.7 Å². The Balaban J connectivity index is 1.48. The quantitative estimate of drug-likeness (QED) is 0.759. The van der Waals surface area contributed by atoms with Gasteiger partial charge in [0.2, 0.25) is 9.84 Å². The Kier molecular flexibility index (Phi) is 4.86. The van der Waals surface area contributed by atoms with Gasteiger partial charge in [0.25, 0.3) is 5.16 Å². The molecule has 0 N–H and O–H groups in total.